The van der Waals surface area contributed by atoms with E-state index in [1.807, 2.05) is 18.2 Å². The number of halogens is 1. The van der Waals surface area contributed by atoms with Crippen LogP contribution >= 0.6 is 11.6 Å². The Morgan fingerprint density at radius 3 is 3.00 bits per heavy atom. The molecule has 0 fully saturated rings. The van der Waals surface area contributed by atoms with Gasteiger partial charge in [-0.15, -0.1) is 0 Å². The zero-order valence-electron chi connectivity index (χ0n) is 10.9. The van der Waals surface area contributed by atoms with Gasteiger partial charge in [0.25, 0.3) is 0 Å². The monoisotopic (exact) mass is 295 g/mol. The van der Waals surface area contributed by atoms with E-state index in [1.54, 1.807) is 6.07 Å². The SMILES string of the molecule is COCC(=O)NCCc1nc(-c2ccccc2Cl)no1. The number of hydrogen-bond donors (Lipinski definition) is 1. The molecule has 0 radical (unpaired) electrons. The van der Waals surface area contributed by atoms with Gasteiger partial charge in [0.2, 0.25) is 17.6 Å². The quantitative estimate of drug-likeness (QED) is 0.877. The summed E-state index contributed by atoms with van der Waals surface area (Å²) in [6, 6.07) is 7.26. The summed E-state index contributed by atoms with van der Waals surface area (Å²) in [5.74, 6) is 0.699. The van der Waals surface area contributed by atoms with Crippen molar-refractivity contribution in [1.82, 2.24) is 15.5 Å². The second kappa shape index (κ2) is 7.02. The Balaban J connectivity index is 1.93. The highest BCUT2D eigenvalue weighted by molar-refractivity contribution is 6.33. The Bertz CT molecular complexity index is 586. The molecule has 1 aromatic heterocycles. The van der Waals surface area contributed by atoms with E-state index in [2.05, 4.69) is 15.5 Å². The first-order valence-corrected chi connectivity index (χ1v) is 6.41. The van der Waals surface area contributed by atoms with Crippen molar-refractivity contribution in [3.63, 3.8) is 0 Å². The number of rotatable bonds is 6. The lowest BCUT2D eigenvalue weighted by Gasteiger charge is -2.01. The van der Waals surface area contributed by atoms with Crippen LogP contribution in [0.3, 0.4) is 0 Å². The van der Waals surface area contributed by atoms with Crippen molar-refractivity contribution < 1.29 is 14.1 Å². The fourth-order valence-corrected chi connectivity index (χ4v) is 1.82. The summed E-state index contributed by atoms with van der Waals surface area (Å²) in [5, 5.41) is 7.11. The molecule has 0 saturated heterocycles. The normalized spacial score (nSPS) is 10.5. The summed E-state index contributed by atoms with van der Waals surface area (Å²) in [4.78, 5) is 15.4. The molecule has 0 spiro atoms. The van der Waals surface area contributed by atoms with Crippen molar-refractivity contribution >= 4 is 17.5 Å². The maximum Gasteiger partial charge on any atom is 0.245 e. The minimum absolute atomic E-state index is 0.0364. The molecule has 0 bridgehead atoms. The van der Waals surface area contributed by atoms with Crippen LogP contribution in [0.15, 0.2) is 28.8 Å². The number of ether oxygens (including phenoxy) is 1. The number of methoxy groups -OCH3 is 1. The fraction of sp³-hybridized carbons (Fsp3) is 0.308. The van der Waals surface area contributed by atoms with E-state index in [9.17, 15) is 4.79 Å². The van der Waals surface area contributed by atoms with E-state index in [4.69, 9.17) is 20.9 Å². The van der Waals surface area contributed by atoms with Gasteiger partial charge in [-0.25, -0.2) is 0 Å². The van der Waals surface area contributed by atoms with Gasteiger partial charge in [-0.3, -0.25) is 4.79 Å². The van der Waals surface area contributed by atoms with Crippen molar-refractivity contribution in [3.05, 3.63) is 35.2 Å². The molecule has 0 aliphatic carbocycles. The minimum atomic E-state index is -0.182. The first-order chi connectivity index (χ1) is 9.70. The molecule has 1 amide bonds. The molecule has 0 unspecified atom stereocenters. The van der Waals surface area contributed by atoms with E-state index in [-0.39, 0.29) is 12.5 Å². The van der Waals surface area contributed by atoms with Gasteiger partial charge in [-0.1, -0.05) is 28.9 Å². The van der Waals surface area contributed by atoms with E-state index in [0.29, 0.717) is 35.3 Å². The van der Waals surface area contributed by atoms with Crippen LogP contribution in [0.5, 0.6) is 0 Å². The van der Waals surface area contributed by atoms with E-state index in [0.717, 1.165) is 0 Å². The number of nitrogens with zero attached hydrogens (tertiary/aromatic N) is 2. The second-order valence-electron chi connectivity index (χ2n) is 4.02. The van der Waals surface area contributed by atoms with Gasteiger partial charge in [0.1, 0.15) is 6.61 Å². The smallest absolute Gasteiger partial charge is 0.245 e. The minimum Gasteiger partial charge on any atom is -0.375 e. The third kappa shape index (κ3) is 3.79. The topological polar surface area (TPSA) is 77.2 Å². The van der Waals surface area contributed by atoms with E-state index < -0.39 is 0 Å². The van der Waals surface area contributed by atoms with Crippen LogP contribution in [-0.4, -0.2) is 36.3 Å². The summed E-state index contributed by atoms with van der Waals surface area (Å²) in [6.45, 7) is 0.445. The predicted molar refractivity (Wildman–Crippen MR) is 73.3 cm³/mol. The highest BCUT2D eigenvalue weighted by Gasteiger charge is 2.11. The van der Waals surface area contributed by atoms with Crippen molar-refractivity contribution in [2.75, 3.05) is 20.3 Å². The molecular weight excluding hydrogens is 282 g/mol. The zero-order valence-corrected chi connectivity index (χ0v) is 11.7. The zero-order chi connectivity index (χ0) is 14.4. The Morgan fingerprint density at radius 2 is 2.25 bits per heavy atom. The number of amides is 1. The van der Waals surface area contributed by atoms with E-state index in [1.165, 1.54) is 7.11 Å². The summed E-state index contributed by atoms with van der Waals surface area (Å²) in [5.41, 5.74) is 0.715. The standard InChI is InChI=1S/C13H14ClN3O3/c1-19-8-11(18)15-7-6-12-16-13(17-20-12)9-4-2-3-5-10(9)14/h2-5H,6-8H2,1H3,(H,15,18). The van der Waals surface area contributed by atoms with Crippen LogP contribution in [0.1, 0.15) is 5.89 Å². The first kappa shape index (κ1) is 14.5. The fourth-order valence-electron chi connectivity index (χ4n) is 1.60. The van der Waals surface area contributed by atoms with Gasteiger partial charge in [0.15, 0.2) is 0 Å². The average molecular weight is 296 g/mol. The molecule has 0 aliphatic heterocycles. The number of benzene rings is 1. The molecule has 106 valence electrons. The number of carbonyl (C=O) groups is 1. The molecule has 0 atom stereocenters. The van der Waals surface area contributed by atoms with Crippen molar-refractivity contribution in [3.8, 4) is 11.4 Å². The van der Waals surface area contributed by atoms with Crippen LogP contribution in [0, 0.1) is 0 Å². The van der Waals surface area contributed by atoms with Crippen LogP contribution in [0.25, 0.3) is 11.4 Å². The number of nitrogens with one attached hydrogen (secondary N) is 1. The first-order valence-electron chi connectivity index (χ1n) is 6.04. The molecule has 2 aromatic rings. The molecule has 1 heterocycles. The van der Waals surface area contributed by atoms with Crippen LogP contribution in [0.2, 0.25) is 5.02 Å². The Kier molecular flexibility index (Phi) is 5.09. The van der Waals surface area contributed by atoms with Crippen molar-refractivity contribution in [1.29, 1.82) is 0 Å². The van der Waals surface area contributed by atoms with Gasteiger partial charge in [-0.2, -0.15) is 4.98 Å². The molecule has 20 heavy (non-hydrogen) atoms. The third-order valence-electron chi connectivity index (χ3n) is 2.52. The molecule has 7 heteroatoms. The number of hydrogen-bond acceptors (Lipinski definition) is 5. The van der Waals surface area contributed by atoms with Gasteiger partial charge < -0.3 is 14.6 Å². The van der Waals surface area contributed by atoms with E-state index >= 15 is 0 Å². The molecular formula is C13H14ClN3O3. The Labute approximate surface area is 121 Å². The summed E-state index contributed by atoms with van der Waals surface area (Å²) in [7, 11) is 1.47. The largest absolute Gasteiger partial charge is 0.375 e. The summed E-state index contributed by atoms with van der Waals surface area (Å²) in [6.07, 6.45) is 0.451. The number of aromatic nitrogens is 2. The van der Waals surface area contributed by atoms with Crippen molar-refractivity contribution in [2.24, 2.45) is 0 Å². The van der Waals surface area contributed by atoms with Gasteiger partial charge in [-0.05, 0) is 12.1 Å². The van der Waals surface area contributed by atoms with Crippen molar-refractivity contribution in [2.45, 2.75) is 6.42 Å². The molecule has 1 aromatic carbocycles. The molecule has 1 N–H and O–H groups in total. The molecule has 0 saturated carbocycles. The summed E-state index contributed by atoms with van der Waals surface area (Å²) >= 11 is 6.06. The lowest BCUT2D eigenvalue weighted by atomic mass is 10.2. The van der Waals surface area contributed by atoms with Gasteiger partial charge >= 0.3 is 0 Å². The molecule has 6 nitrogen and oxygen atoms in total. The maximum atomic E-state index is 11.2. The lowest BCUT2D eigenvalue weighted by molar-refractivity contribution is -0.124. The Hall–Kier alpha value is -1.92. The predicted octanol–water partition coefficient (Wildman–Crippen LogP) is 1.70. The molecule has 0 aliphatic rings. The molecule has 2 rings (SSSR count). The van der Waals surface area contributed by atoms with Gasteiger partial charge in [0, 0.05) is 25.6 Å². The Morgan fingerprint density at radius 1 is 1.45 bits per heavy atom. The third-order valence-corrected chi connectivity index (χ3v) is 2.85. The van der Waals surface area contributed by atoms with Crippen LogP contribution in [-0.2, 0) is 16.0 Å². The van der Waals surface area contributed by atoms with Crippen LogP contribution < -0.4 is 5.32 Å². The second-order valence-corrected chi connectivity index (χ2v) is 4.43. The maximum absolute atomic E-state index is 11.2. The highest BCUT2D eigenvalue weighted by Crippen LogP contribution is 2.24. The summed E-state index contributed by atoms with van der Waals surface area (Å²) < 4.78 is 9.82. The lowest BCUT2D eigenvalue weighted by Crippen LogP contribution is -2.29. The van der Waals surface area contributed by atoms with Crippen LogP contribution in [0.4, 0.5) is 0 Å². The number of carbonyl (C=O) groups excluding carboxylic acids is 1. The highest BCUT2D eigenvalue weighted by atomic mass is 35.5. The van der Waals surface area contributed by atoms with Gasteiger partial charge in [0.05, 0.1) is 5.02 Å². The average Bonchev–Trinajstić information content (AvgIpc) is 2.88.